The minimum atomic E-state index is -0.0623. The van der Waals surface area contributed by atoms with Crippen molar-refractivity contribution in [2.24, 2.45) is 0 Å². The number of carbonyl (C=O) groups is 1. The van der Waals surface area contributed by atoms with Gasteiger partial charge in [0.25, 0.3) is 11.6 Å². The normalized spacial score (nSPS) is 13.8. The predicted octanol–water partition coefficient (Wildman–Crippen LogP) is 5.13. The Morgan fingerprint density at radius 1 is 1.19 bits per heavy atom. The molecule has 4 aromatic rings. The van der Waals surface area contributed by atoms with Crippen molar-refractivity contribution in [3.63, 3.8) is 0 Å². The quantitative estimate of drug-likeness (QED) is 0.437. The Morgan fingerprint density at radius 2 is 2.00 bits per heavy atom. The van der Waals surface area contributed by atoms with Crippen LogP contribution >= 0.6 is 11.3 Å². The van der Waals surface area contributed by atoms with Crippen molar-refractivity contribution in [2.75, 3.05) is 25.0 Å². The van der Waals surface area contributed by atoms with Crippen molar-refractivity contribution < 1.29 is 9.32 Å². The number of para-hydroxylation sites is 1. The lowest BCUT2D eigenvalue weighted by Gasteiger charge is -2.24. The molecule has 0 atom stereocenters. The van der Waals surface area contributed by atoms with E-state index >= 15 is 0 Å². The maximum Gasteiger partial charge on any atom is 0.259 e. The highest BCUT2D eigenvalue weighted by molar-refractivity contribution is 7.13. The Kier molecular flexibility index (Phi) is 5.19. The smallest absolute Gasteiger partial charge is 0.259 e. The maximum atomic E-state index is 13.6. The predicted molar refractivity (Wildman–Crippen MR) is 124 cm³/mol. The van der Waals surface area contributed by atoms with E-state index in [0.29, 0.717) is 28.9 Å². The molecule has 1 saturated heterocycles. The standard InChI is InChI=1S/C24H24N4O2S/c1-16-22-18(14-19(21-10-7-13-31-21)25-23(22)30-26-16)24(29)27(2)15-17-8-3-4-9-20(17)28-11-5-6-12-28/h3-4,7-10,13-14H,5-6,11-12,15H2,1-2H3. The molecule has 6 nitrogen and oxygen atoms in total. The van der Waals surface area contributed by atoms with E-state index in [1.54, 1.807) is 16.2 Å². The summed E-state index contributed by atoms with van der Waals surface area (Å²) < 4.78 is 5.43. The number of hydrogen-bond acceptors (Lipinski definition) is 6. The van der Waals surface area contributed by atoms with Gasteiger partial charge in [-0.15, -0.1) is 11.3 Å². The Labute approximate surface area is 185 Å². The van der Waals surface area contributed by atoms with Crippen LogP contribution in [0.5, 0.6) is 0 Å². The first-order chi connectivity index (χ1) is 15.1. The number of benzene rings is 1. The summed E-state index contributed by atoms with van der Waals surface area (Å²) in [6.07, 6.45) is 2.44. The molecular formula is C24H24N4O2S. The van der Waals surface area contributed by atoms with Gasteiger partial charge >= 0.3 is 0 Å². The minimum Gasteiger partial charge on any atom is -0.371 e. The summed E-state index contributed by atoms with van der Waals surface area (Å²) in [5, 5.41) is 6.74. The molecule has 0 saturated carbocycles. The van der Waals surface area contributed by atoms with Gasteiger partial charge in [0.1, 0.15) is 0 Å². The highest BCUT2D eigenvalue weighted by atomic mass is 32.1. The number of amides is 1. The van der Waals surface area contributed by atoms with Crippen molar-refractivity contribution in [2.45, 2.75) is 26.3 Å². The zero-order valence-electron chi connectivity index (χ0n) is 17.7. The summed E-state index contributed by atoms with van der Waals surface area (Å²) in [6, 6.07) is 14.2. The van der Waals surface area contributed by atoms with Gasteiger partial charge in [-0.1, -0.05) is 29.4 Å². The van der Waals surface area contributed by atoms with Gasteiger partial charge < -0.3 is 14.3 Å². The fourth-order valence-corrected chi connectivity index (χ4v) is 4.94. The molecule has 4 heterocycles. The lowest BCUT2D eigenvalue weighted by atomic mass is 10.1. The summed E-state index contributed by atoms with van der Waals surface area (Å²) in [5.41, 5.74) is 4.76. The average molecular weight is 433 g/mol. The number of fused-ring (bicyclic) bond motifs is 1. The molecule has 7 heteroatoms. The van der Waals surface area contributed by atoms with Crippen molar-refractivity contribution in [1.82, 2.24) is 15.0 Å². The molecule has 1 amide bonds. The van der Waals surface area contributed by atoms with E-state index in [1.807, 2.05) is 43.6 Å². The van der Waals surface area contributed by atoms with Gasteiger partial charge in [-0.05, 0) is 48.9 Å². The molecule has 1 aliphatic rings. The van der Waals surface area contributed by atoms with Crippen LogP contribution in [0.2, 0.25) is 0 Å². The molecule has 0 N–H and O–H groups in total. The van der Waals surface area contributed by atoms with Crippen molar-refractivity contribution in [3.05, 3.63) is 64.7 Å². The number of aromatic nitrogens is 2. The second-order valence-corrected chi connectivity index (χ2v) is 8.91. The number of pyridine rings is 1. The number of thiophene rings is 1. The molecular weight excluding hydrogens is 408 g/mol. The van der Waals surface area contributed by atoms with Crippen LogP contribution in [0.3, 0.4) is 0 Å². The summed E-state index contributed by atoms with van der Waals surface area (Å²) in [6.45, 7) is 4.53. The second kappa shape index (κ2) is 8.15. The van der Waals surface area contributed by atoms with Crippen LogP contribution in [0, 0.1) is 6.92 Å². The van der Waals surface area contributed by atoms with E-state index in [2.05, 4.69) is 33.2 Å². The largest absolute Gasteiger partial charge is 0.371 e. The molecule has 1 aliphatic heterocycles. The number of hydrogen-bond donors (Lipinski definition) is 0. The molecule has 31 heavy (non-hydrogen) atoms. The van der Waals surface area contributed by atoms with E-state index in [1.165, 1.54) is 18.5 Å². The number of rotatable bonds is 5. The first-order valence-corrected chi connectivity index (χ1v) is 11.4. The first-order valence-electron chi connectivity index (χ1n) is 10.5. The van der Waals surface area contributed by atoms with Crippen LogP contribution in [-0.4, -0.2) is 41.1 Å². The molecule has 5 rings (SSSR count). The van der Waals surface area contributed by atoms with E-state index in [0.717, 1.165) is 29.2 Å². The van der Waals surface area contributed by atoms with Crippen molar-refractivity contribution >= 4 is 34.0 Å². The van der Waals surface area contributed by atoms with Gasteiger partial charge in [-0.2, -0.15) is 0 Å². The molecule has 3 aromatic heterocycles. The van der Waals surface area contributed by atoms with Gasteiger partial charge in [-0.25, -0.2) is 4.98 Å². The van der Waals surface area contributed by atoms with Crippen LogP contribution in [0.15, 0.2) is 52.4 Å². The van der Waals surface area contributed by atoms with Gasteiger partial charge in [-0.3, -0.25) is 4.79 Å². The Bertz CT molecular complexity index is 1230. The summed E-state index contributed by atoms with van der Waals surface area (Å²) in [5.74, 6) is -0.0623. The topological polar surface area (TPSA) is 62.5 Å². The Morgan fingerprint density at radius 3 is 2.77 bits per heavy atom. The second-order valence-electron chi connectivity index (χ2n) is 7.96. The molecule has 0 bridgehead atoms. The zero-order valence-corrected chi connectivity index (χ0v) is 18.5. The number of carbonyl (C=O) groups excluding carboxylic acids is 1. The molecule has 0 radical (unpaired) electrons. The van der Waals surface area contributed by atoms with E-state index in [-0.39, 0.29) is 5.91 Å². The van der Waals surface area contributed by atoms with Gasteiger partial charge in [0.05, 0.1) is 27.2 Å². The fraction of sp³-hybridized carbons (Fsp3) is 0.292. The van der Waals surface area contributed by atoms with Gasteiger partial charge in [0.2, 0.25) is 0 Å². The van der Waals surface area contributed by atoms with E-state index in [9.17, 15) is 4.79 Å². The maximum absolute atomic E-state index is 13.6. The highest BCUT2D eigenvalue weighted by Crippen LogP contribution is 2.31. The molecule has 0 unspecified atom stereocenters. The lowest BCUT2D eigenvalue weighted by molar-refractivity contribution is 0.0787. The van der Waals surface area contributed by atoms with Gasteiger partial charge in [0.15, 0.2) is 0 Å². The summed E-state index contributed by atoms with van der Waals surface area (Å²) in [4.78, 5) is 23.4. The third kappa shape index (κ3) is 3.70. The summed E-state index contributed by atoms with van der Waals surface area (Å²) >= 11 is 1.58. The SMILES string of the molecule is Cc1noc2nc(-c3cccs3)cc(C(=O)N(C)Cc3ccccc3N3CCCC3)c12. The average Bonchev–Trinajstić information content (AvgIpc) is 3.55. The van der Waals surface area contributed by atoms with Crippen LogP contribution in [0.1, 0.15) is 34.5 Å². The van der Waals surface area contributed by atoms with Crippen LogP contribution in [0.4, 0.5) is 5.69 Å². The molecule has 0 spiro atoms. The van der Waals surface area contributed by atoms with Gasteiger partial charge in [0, 0.05) is 32.4 Å². The van der Waals surface area contributed by atoms with Crippen molar-refractivity contribution in [1.29, 1.82) is 0 Å². The molecule has 158 valence electrons. The van der Waals surface area contributed by atoms with E-state index in [4.69, 9.17) is 4.52 Å². The number of aryl methyl sites for hydroxylation is 1. The Balaban J connectivity index is 1.50. The highest BCUT2D eigenvalue weighted by Gasteiger charge is 2.23. The monoisotopic (exact) mass is 432 g/mol. The fourth-order valence-electron chi connectivity index (χ4n) is 4.26. The Hall–Kier alpha value is -3.19. The third-order valence-electron chi connectivity index (χ3n) is 5.81. The molecule has 0 aliphatic carbocycles. The third-order valence-corrected chi connectivity index (χ3v) is 6.71. The minimum absolute atomic E-state index is 0.0623. The lowest BCUT2D eigenvalue weighted by Crippen LogP contribution is -2.28. The van der Waals surface area contributed by atoms with Crippen LogP contribution < -0.4 is 4.90 Å². The molecule has 1 aromatic carbocycles. The van der Waals surface area contributed by atoms with Crippen molar-refractivity contribution in [3.8, 4) is 10.6 Å². The van der Waals surface area contributed by atoms with E-state index < -0.39 is 0 Å². The molecule has 1 fully saturated rings. The number of anilines is 1. The first kappa shape index (κ1) is 19.8. The summed E-state index contributed by atoms with van der Waals surface area (Å²) in [7, 11) is 1.85. The zero-order chi connectivity index (χ0) is 21.4. The number of nitrogens with zero attached hydrogens (tertiary/aromatic N) is 4. The van der Waals surface area contributed by atoms with Crippen LogP contribution in [-0.2, 0) is 6.54 Å². The van der Waals surface area contributed by atoms with Crippen LogP contribution in [0.25, 0.3) is 21.7 Å².